The minimum absolute atomic E-state index is 0.729. The van der Waals surface area contributed by atoms with Crippen LogP contribution < -0.4 is 4.90 Å². The lowest BCUT2D eigenvalue weighted by Crippen LogP contribution is -2.08. The van der Waals surface area contributed by atoms with Crippen LogP contribution >= 0.6 is 0 Å². The summed E-state index contributed by atoms with van der Waals surface area (Å²) < 4.78 is 1.81. The highest BCUT2D eigenvalue weighted by atomic mass is 15.2. The first-order valence-electron chi connectivity index (χ1n) is 7.81. The zero-order valence-electron chi connectivity index (χ0n) is 13.6. The topological polar surface area (TPSA) is 33.4 Å². The van der Waals surface area contributed by atoms with Gasteiger partial charge in [-0.05, 0) is 35.4 Å². The largest absolute Gasteiger partial charge is 0.378 e. The molecule has 0 bridgehead atoms. The van der Waals surface area contributed by atoms with Gasteiger partial charge in [-0.3, -0.25) is 0 Å². The number of aromatic nitrogens is 3. The van der Waals surface area contributed by atoms with E-state index in [1.165, 1.54) is 16.8 Å². The van der Waals surface area contributed by atoms with E-state index in [9.17, 15) is 0 Å². The molecule has 1 radical (unpaired) electrons. The summed E-state index contributed by atoms with van der Waals surface area (Å²) in [5, 5.41) is 4.33. The number of anilines is 1. The molecule has 0 fully saturated rings. The highest BCUT2D eigenvalue weighted by molar-refractivity contribution is 5.74. The molecule has 0 spiro atoms. The molecule has 117 valence electrons. The van der Waals surface area contributed by atoms with Gasteiger partial charge in [-0.15, -0.1) is 0 Å². The Hall–Kier alpha value is -3.14. The molecule has 0 N–H and O–H groups in total. The highest BCUT2D eigenvalue weighted by Crippen LogP contribution is 2.28. The Kier molecular flexibility index (Phi) is 3.50. The Labute approximate surface area is 141 Å². The van der Waals surface area contributed by atoms with Gasteiger partial charge in [-0.25, -0.2) is 9.50 Å². The van der Waals surface area contributed by atoms with E-state index in [1.54, 1.807) is 12.4 Å². The van der Waals surface area contributed by atoms with Gasteiger partial charge >= 0.3 is 0 Å². The lowest BCUT2D eigenvalue weighted by molar-refractivity contribution is 0.948. The van der Waals surface area contributed by atoms with Gasteiger partial charge in [0.1, 0.15) is 0 Å². The number of benzene rings is 2. The fourth-order valence-electron chi connectivity index (χ4n) is 2.82. The SMILES string of the molecule is CN(C)c1cccc(-c2cccc(-c3ccnc4[c]cnn34)c2)c1. The van der Waals surface area contributed by atoms with Crippen LogP contribution in [0.4, 0.5) is 5.69 Å². The Bertz CT molecular complexity index is 1000. The van der Waals surface area contributed by atoms with Crippen molar-refractivity contribution in [2.45, 2.75) is 0 Å². The Balaban J connectivity index is 1.82. The van der Waals surface area contributed by atoms with E-state index in [0.29, 0.717) is 0 Å². The molecule has 4 heteroatoms. The van der Waals surface area contributed by atoms with E-state index in [4.69, 9.17) is 0 Å². The van der Waals surface area contributed by atoms with Crippen LogP contribution in [-0.2, 0) is 0 Å². The van der Waals surface area contributed by atoms with E-state index in [2.05, 4.69) is 83.7 Å². The lowest BCUT2D eigenvalue weighted by atomic mass is 10.0. The quantitative estimate of drug-likeness (QED) is 0.574. The van der Waals surface area contributed by atoms with Crippen molar-refractivity contribution in [3.05, 3.63) is 73.1 Å². The third-order valence-electron chi connectivity index (χ3n) is 4.08. The van der Waals surface area contributed by atoms with Gasteiger partial charge in [0.25, 0.3) is 0 Å². The maximum atomic E-state index is 4.33. The second kappa shape index (κ2) is 5.81. The van der Waals surface area contributed by atoms with E-state index < -0.39 is 0 Å². The third-order valence-corrected chi connectivity index (χ3v) is 4.08. The van der Waals surface area contributed by atoms with Gasteiger partial charge in [0, 0.05) is 31.5 Å². The highest BCUT2D eigenvalue weighted by Gasteiger charge is 2.07. The summed E-state index contributed by atoms with van der Waals surface area (Å²) in [6, 6.07) is 22.0. The molecule has 4 rings (SSSR count). The summed E-state index contributed by atoms with van der Waals surface area (Å²) in [4.78, 5) is 6.39. The molecule has 4 aromatic rings. The maximum absolute atomic E-state index is 4.33. The van der Waals surface area contributed by atoms with E-state index in [1.807, 2.05) is 10.6 Å². The molecule has 0 atom stereocenters. The van der Waals surface area contributed by atoms with Crippen LogP contribution in [0.5, 0.6) is 0 Å². The Morgan fingerprint density at radius 3 is 2.50 bits per heavy atom. The summed E-state index contributed by atoms with van der Waals surface area (Å²) >= 11 is 0. The van der Waals surface area contributed by atoms with Gasteiger partial charge in [0.15, 0.2) is 5.65 Å². The van der Waals surface area contributed by atoms with Gasteiger partial charge in [0.05, 0.1) is 18.0 Å². The van der Waals surface area contributed by atoms with Crippen molar-refractivity contribution in [3.8, 4) is 22.4 Å². The van der Waals surface area contributed by atoms with E-state index in [-0.39, 0.29) is 0 Å². The molecule has 2 heterocycles. The Morgan fingerprint density at radius 2 is 1.67 bits per heavy atom. The Morgan fingerprint density at radius 1 is 0.917 bits per heavy atom. The van der Waals surface area contributed by atoms with Crippen molar-refractivity contribution in [3.63, 3.8) is 0 Å². The maximum Gasteiger partial charge on any atom is 0.163 e. The van der Waals surface area contributed by atoms with E-state index in [0.717, 1.165) is 16.9 Å². The first kappa shape index (κ1) is 14.5. The van der Waals surface area contributed by atoms with Gasteiger partial charge in [0.2, 0.25) is 0 Å². The molecular weight excluding hydrogens is 296 g/mol. The van der Waals surface area contributed by atoms with Crippen molar-refractivity contribution < 1.29 is 0 Å². The lowest BCUT2D eigenvalue weighted by Gasteiger charge is -2.14. The predicted octanol–water partition coefficient (Wildman–Crippen LogP) is 3.93. The number of fused-ring (bicyclic) bond motifs is 1. The van der Waals surface area contributed by atoms with Crippen LogP contribution in [0.2, 0.25) is 0 Å². The van der Waals surface area contributed by atoms with Crippen molar-refractivity contribution in [1.82, 2.24) is 14.6 Å². The number of nitrogens with zero attached hydrogens (tertiary/aromatic N) is 4. The van der Waals surface area contributed by atoms with Gasteiger partial charge < -0.3 is 4.90 Å². The molecular formula is C20H17N4. The van der Waals surface area contributed by atoms with Crippen molar-refractivity contribution in [2.75, 3.05) is 19.0 Å². The molecule has 0 saturated heterocycles. The van der Waals surface area contributed by atoms with Crippen LogP contribution in [-0.4, -0.2) is 28.7 Å². The number of hydrogen-bond donors (Lipinski definition) is 0. The van der Waals surface area contributed by atoms with Crippen LogP contribution in [0.1, 0.15) is 0 Å². The van der Waals surface area contributed by atoms with Crippen molar-refractivity contribution in [1.29, 1.82) is 0 Å². The minimum Gasteiger partial charge on any atom is -0.378 e. The number of rotatable bonds is 3. The van der Waals surface area contributed by atoms with Crippen LogP contribution in [0, 0.1) is 6.07 Å². The molecule has 4 nitrogen and oxygen atoms in total. The molecule has 0 aliphatic carbocycles. The molecule has 24 heavy (non-hydrogen) atoms. The summed E-state index contributed by atoms with van der Waals surface area (Å²) in [7, 11) is 4.11. The average Bonchev–Trinajstić information content (AvgIpc) is 3.10. The smallest absolute Gasteiger partial charge is 0.163 e. The molecule has 2 aromatic heterocycles. The van der Waals surface area contributed by atoms with Gasteiger partial charge in [-0.2, -0.15) is 5.10 Å². The third kappa shape index (κ3) is 2.52. The van der Waals surface area contributed by atoms with Crippen LogP contribution in [0.3, 0.4) is 0 Å². The first-order valence-corrected chi connectivity index (χ1v) is 7.81. The second-order valence-corrected chi connectivity index (χ2v) is 5.88. The molecule has 0 aliphatic rings. The number of hydrogen-bond acceptors (Lipinski definition) is 3. The fourth-order valence-corrected chi connectivity index (χ4v) is 2.82. The fraction of sp³-hybridized carbons (Fsp3) is 0.100. The monoisotopic (exact) mass is 313 g/mol. The van der Waals surface area contributed by atoms with Gasteiger partial charge in [-0.1, -0.05) is 30.3 Å². The predicted molar refractivity (Wildman–Crippen MR) is 97.0 cm³/mol. The zero-order chi connectivity index (χ0) is 16.5. The molecule has 0 amide bonds. The normalized spacial score (nSPS) is 10.9. The zero-order valence-corrected chi connectivity index (χ0v) is 13.6. The summed E-state index contributed by atoms with van der Waals surface area (Å²) in [5.41, 5.74) is 6.40. The average molecular weight is 313 g/mol. The van der Waals surface area contributed by atoms with E-state index >= 15 is 0 Å². The first-order chi connectivity index (χ1) is 11.7. The summed E-state index contributed by atoms with van der Waals surface area (Å²) in [6.45, 7) is 0. The van der Waals surface area contributed by atoms with Crippen molar-refractivity contribution >= 4 is 11.3 Å². The molecule has 0 unspecified atom stereocenters. The standard InChI is InChI=1S/C20H17N4/c1-23(2)18-8-4-6-16(14-18)15-5-3-7-17(13-15)19-9-11-21-20-10-12-22-24(19)20/h3-9,11-14H,1-2H3. The molecule has 0 saturated carbocycles. The van der Waals surface area contributed by atoms with Crippen molar-refractivity contribution in [2.24, 2.45) is 0 Å². The summed E-state index contributed by atoms with van der Waals surface area (Å²) in [6.07, 6.45) is 3.44. The summed E-state index contributed by atoms with van der Waals surface area (Å²) in [5.74, 6) is 0. The minimum atomic E-state index is 0.729. The molecule has 2 aromatic carbocycles. The molecule has 0 aliphatic heterocycles. The van der Waals surface area contributed by atoms with Crippen LogP contribution in [0.15, 0.2) is 67.0 Å². The second-order valence-electron chi connectivity index (χ2n) is 5.88. The van der Waals surface area contributed by atoms with Crippen LogP contribution in [0.25, 0.3) is 28.0 Å².